The maximum absolute atomic E-state index is 9.57. The number of ether oxygens (including phenoxy) is 1. The van der Waals surface area contributed by atoms with Crippen molar-refractivity contribution in [3.05, 3.63) is 42.5 Å². The average molecular weight is 502 g/mol. The lowest BCUT2D eigenvalue weighted by Gasteiger charge is -2.29. The van der Waals surface area contributed by atoms with Gasteiger partial charge >= 0.3 is 0 Å². The number of aliphatic imine (C=N–C) groups is 1. The Morgan fingerprint density at radius 1 is 1.32 bits per heavy atom. The number of nitrogens with one attached hydrogen (secondary N) is 2. The second-order valence-electron chi connectivity index (χ2n) is 6.76. The lowest BCUT2D eigenvalue weighted by atomic mass is 10.1. The van der Waals surface area contributed by atoms with Crippen LogP contribution < -0.4 is 15.4 Å². The van der Waals surface area contributed by atoms with E-state index in [1.54, 1.807) is 6.08 Å². The zero-order valence-corrected chi connectivity index (χ0v) is 19.2. The van der Waals surface area contributed by atoms with Crippen molar-refractivity contribution in [2.24, 2.45) is 4.99 Å². The summed E-state index contributed by atoms with van der Waals surface area (Å²) in [7, 11) is 0. The Morgan fingerprint density at radius 3 is 2.79 bits per heavy atom. The van der Waals surface area contributed by atoms with E-state index in [1.807, 2.05) is 24.3 Å². The number of nitrogens with zero attached hydrogens (tertiary/aromatic N) is 2. The van der Waals surface area contributed by atoms with Gasteiger partial charge < -0.3 is 25.4 Å². The standard InChI is InChI=1S/C21H34N4O2.HI/c1-3-16-27-20-9-6-5-8-18(20)17-24-21(22-4-2)23-12-7-13-25-14-10-19(26)11-15-25;/h3,5-6,8-9,19,26H,1,4,7,10-17H2,2H3,(H2,22,23,24);1H. The summed E-state index contributed by atoms with van der Waals surface area (Å²) >= 11 is 0. The molecule has 1 heterocycles. The van der Waals surface area contributed by atoms with Gasteiger partial charge in [-0.25, -0.2) is 4.99 Å². The second kappa shape index (κ2) is 14.6. The number of rotatable bonds is 10. The molecule has 2 rings (SSSR count). The smallest absolute Gasteiger partial charge is 0.191 e. The normalized spacial score (nSPS) is 15.6. The molecule has 7 heteroatoms. The number of aliphatic hydroxyl groups excluding tert-OH is 1. The van der Waals surface area contributed by atoms with Crippen molar-refractivity contribution in [2.75, 3.05) is 39.3 Å². The summed E-state index contributed by atoms with van der Waals surface area (Å²) in [5.74, 6) is 1.68. The van der Waals surface area contributed by atoms with Gasteiger partial charge in [0.2, 0.25) is 0 Å². The van der Waals surface area contributed by atoms with E-state index in [9.17, 15) is 5.11 Å². The van der Waals surface area contributed by atoms with Crippen molar-refractivity contribution in [2.45, 2.75) is 38.8 Å². The maximum atomic E-state index is 9.57. The van der Waals surface area contributed by atoms with Crippen molar-refractivity contribution in [3.63, 3.8) is 0 Å². The average Bonchev–Trinajstić information content (AvgIpc) is 2.69. The number of aliphatic hydroxyl groups is 1. The Balaban J connectivity index is 0.00000392. The highest BCUT2D eigenvalue weighted by Crippen LogP contribution is 2.18. The molecule has 1 aliphatic heterocycles. The maximum Gasteiger partial charge on any atom is 0.191 e. The zero-order valence-electron chi connectivity index (χ0n) is 16.9. The van der Waals surface area contributed by atoms with Gasteiger partial charge in [0.1, 0.15) is 12.4 Å². The first-order valence-corrected chi connectivity index (χ1v) is 9.97. The van der Waals surface area contributed by atoms with Crippen molar-refractivity contribution in [3.8, 4) is 5.75 Å². The molecule has 1 aliphatic rings. The molecule has 0 radical (unpaired) electrons. The summed E-state index contributed by atoms with van der Waals surface area (Å²) in [5, 5.41) is 16.3. The quantitative estimate of drug-likeness (QED) is 0.151. The number of likely N-dealkylation sites (tertiary alicyclic amines) is 1. The SMILES string of the molecule is C=CCOc1ccccc1CN=C(NCC)NCCCN1CCC(O)CC1.I. The van der Waals surface area contributed by atoms with Crippen LogP contribution in [0.3, 0.4) is 0 Å². The van der Waals surface area contributed by atoms with Crippen LogP contribution >= 0.6 is 24.0 Å². The highest BCUT2D eigenvalue weighted by molar-refractivity contribution is 14.0. The molecular weight excluding hydrogens is 467 g/mol. The summed E-state index contributed by atoms with van der Waals surface area (Å²) < 4.78 is 5.70. The van der Waals surface area contributed by atoms with E-state index in [-0.39, 0.29) is 30.1 Å². The second-order valence-corrected chi connectivity index (χ2v) is 6.76. The van der Waals surface area contributed by atoms with Crippen LogP contribution in [-0.2, 0) is 6.54 Å². The number of guanidine groups is 1. The molecule has 1 saturated heterocycles. The van der Waals surface area contributed by atoms with Crippen LogP contribution in [0.4, 0.5) is 0 Å². The Kier molecular flexibility index (Phi) is 12.9. The number of benzene rings is 1. The summed E-state index contributed by atoms with van der Waals surface area (Å²) in [6.07, 6.45) is 4.48. The molecule has 1 fully saturated rings. The first-order valence-electron chi connectivity index (χ1n) is 9.97. The molecule has 0 aromatic heterocycles. The molecule has 158 valence electrons. The van der Waals surface area contributed by atoms with E-state index in [4.69, 9.17) is 4.74 Å². The third-order valence-corrected chi connectivity index (χ3v) is 4.58. The molecule has 0 unspecified atom stereocenters. The van der Waals surface area contributed by atoms with Crippen LogP contribution in [0.25, 0.3) is 0 Å². The van der Waals surface area contributed by atoms with E-state index in [2.05, 4.69) is 34.0 Å². The molecule has 28 heavy (non-hydrogen) atoms. The monoisotopic (exact) mass is 502 g/mol. The van der Waals surface area contributed by atoms with Gasteiger partial charge in [0, 0.05) is 31.7 Å². The Bertz CT molecular complexity index is 590. The number of hydrogen-bond donors (Lipinski definition) is 3. The van der Waals surface area contributed by atoms with Gasteiger partial charge in [-0.15, -0.1) is 24.0 Å². The third-order valence-electron chi connectivity index (χ3n) is 4.58. The van der Waals surface area contributed by atoms with Gasteiger partial charge in [-0.2, -0.15) is 0 Å². The fourth-order valence-corrected chi connectivity index (χ4v) is 3.08. The molecule has 0 saturated carbocycles. The van der Waals surface area contributed by atoms with E-state index >= 15 is 0 Å². The highest BCUT2D eigenvalue weighted by atomic mass is 127. The Labute approximate surface area is 186 Å². The zero-order chi connectivity index (χ0) is 19.3. The van der Waals surface area contributed by atoms with Crippen molar-refractivity contribution in [1.29, 1.82) is 0 Å². The van der Waals surface area contributed by atoms with E-state index in [0.29, 0.717) is 13.2 Å². The van der Waals surface area contributed by atoms with Crippen LogP contribution in [0.5, 0.6) is 5.75 Å². The Morgan fingerprint density at radius 2 is 2.07 bits per heavy atom. The minimum absolute atomic E-state index is 0. The number of halogens is 1. The minimum atomic E-state index is -0.106. The summed E-state index contributed by atoms with van der Waals surface area (Å²) in [6, 6.07) is 7.97. The molecule has 0 amide bonds. The van der Waals surface area contributed by atoms with Crippen molar-refractivity contribution in [1.82, 2.24) is 15.5 Å². The predicted molar refractivity (Wildman–Crippen MR) is 127 cm³/mol. The van der Waals surface area contributed by atoms with Crippen molar-refractivity contribution < 1.29 is 9.84 Å². The first kappa shape index (κ1) is 24.7. The van der Waals surface area contributed by atoms with Gasteiger partial charge in [-0.05, 0) is 38.8 Å². The number of hydrogen-bond acceptors (Lipinski definition) is 4. The lowest BCUT2D eigenvalue weighted by molar-refractivity contribution is 0.0823. The van der Waals surface area contributed by atoms with Crippen LogP contribution in [-0.4, -0.2) is 61.4 Å². The van der Waals surface area contributed by atoms with Crippen LogP contribution in [0.15, 0.2) is 41.9 Å². The lowest BCUT2D eigenvalue weighted by Crippen LogP contribution is -2.40. The predicted octanol–water partition coefficient (Wildman–Crippen LogP) is 2.77. The van der Waals surface area contributed by atoms with E-state index < -0.39 is 0 Å². The van der Waals surface area contributed by atoms with E-state index in [1.165, 1.54) is 0 Å². The van der Waals surface area contributed by atoms with Gasteiger partial charge in [-0.1, -0.05) is 30.9 Å². The highest BCUT2D eigenvalue weighted by Gasteiger charge is 2.16. The minimum Gasteiger partial charge on any atom is -0.489 e. The van der Waals surface area contributed by atoms with Crippen LogP contribution in [0, 0.1) is 0 Å². The molecular formula is C21H35IN4O2. The summed E-state index contributed by atoms with van der Waals surface area (Å²) in [5.41, 5.74) is 1.06. The first-order chi connectivity index (χ1) is 13.2. The topological polar surface area (TPSA) is 69.1 Å². The molecule has 0 spiro atoms. The van der Waals surface area contributed by atoms with Gasteiger partial charge in [-0.3, -0.25) is 0 Å². The third kappa shape index (κ3) is 9.25. The van der Waals surface area contributed by atoms with E-state index in [0.717, 1.165) is 69.3 Å². The van der Waals surface area contributed by atoms with Crippen LogP contribution in [0.2, 0.25) is 0 Å². The molecule has 1 aromatic carbocycles. The summed E-state index contributed by atoms with van der Waals surface area (Å²) in [4.78, 5) is 7.11. The molecule has 6 nitrogen and oxygen atoms in total. The molecule has 3 N–H and O–H groups in total. The summed E-state index contributed by atoms with van der Waals surface area (Å²) in [6.45, 7) is 11.6. The Hall–Kier alpha value is -1.32. The molecule has 0 atom stereocenters. The van der Waals surface area contributed by atoms with Gasteiger partial charge in [0.15, 0.2) is 5.96 Å². The fraction of sp³-hybridized carbons (Fsp3) is 0.571. The van der Waals surface area contributed by atoms with Gasteiger partial charge in [0.05, 0.1) is 12.6 Å². The molecule has 0 bridgehead atoms. The van der Waals surface area contributed by atoms with Crippen molar-refractivity contribution >= 4 is 29.9 Å². The molecule has 1 aromatic rings. The number of piperidine rings is 1. The molecule has 0 aliphatic carbocycles. The number of para-hydroxylation sites is 1. The van der Waals surface area contributed by atoms with Gasteiger partial charge in [0.25, 0.3) is 0 Å². The largest absolute Gasteiger partial charge is 0.489 e. The fourth-order valence-electron chi connectivity index (χ4n) is 3.08. The van der Waals surface area contributed by atoms with Crippen LogP contribution in [0.1, 0.15) is 31.7 Å².